The Kier molecular flexibility index (Phi) is 3.19. The normalized spacial score (nSPS) is 16.5. The maximum absolute atomic E-state index is 6.28. The fraction of sp³-hybridized carbons (Fsp3) is 0.786. The molecular weight excluding hydrogens is 210 g/mol. The number of unbranched alkanes of at least 4 members (excludes halogenated alkanes) is 1. The Labute approximate surface area is 104 Å². The quantitative estimate of drug-likeness (QED) is 0.868. The van der Waals surface area contributed by atoms with Crippen molar-refractivity contribution in [3.8, 4) is 0 Å². The van der Waals surface area contributed by atoms with E-state index < -0.39 is 0 Å². The monoisotopic (exact) mass is 235 g/mol. The molecule has 96 valence electrons. The minimum atomic E-state index is 0.0784. The number of aromatic nitrogens is 2. The topological polar surface area (TPSA) is 43.8 Å². The highest BCUT2D eigenvalue weighted by Gasteiger charge is 2.33. The summed E-state index contributed by atoms with van der Waals surface area (Å²) in [6, 6.07) is 0. The Balaban J connectivity index is 2.37. The molecule has 1 aromatic heterocycles. The predicted molar refractivity (Wildman–Crippen MR) is 72.2 cm³/mol. The van der Waals surface area contributed by atoms with Crippen molar-refractivity contribution >= 4 is 5.82 Å². The first-order chi connectivity index (χ1) is 7.95. The second-order valence-electron chi connectivity index (χ2n) is 6.24. The van der Waals surface area contributed by atoms with Crippen LogP contribution >= 0.6 is 0 Å². The van der Waals surface area contributed by atoms with Gasteiger partial charge in [0.2, 0.25) is 0 Å². The molecular formula is C14H25N3. The molecule has 1 heterocycles. The Morgan fingerprint density at radius 2 is 2.00 bits per heavy atom. The molecule has 3 heteroatoms. The molecule has 0 aromatic carbocycles. The van der Waals surface area contributed by atoms with Crippen LogP contribution in [0, 0.1) is 0 Å². The molecule has 1 fully saturated rings. The van der Waals surface area contributed by atoms with E-state index in [0.29, 0.717) is 5.92 Å². The summed E-state index contributed by atoms with van der Waals surface area (Å²) in [5, 5.41) is 0. The molecule has 0 radical (unpaired) electrons. The van der Waals surface area contributed by atoms with E-state index in [4.69, 9.17) is 10.7 Å². The Morgan fingerprint density at radius 1 is 1.35 bits per heavy atom. The summed E-state index contributed by atoms with van der Waals surface area (Å²) < 4.78 is 2.25. The van der Waals surface area contributed by atoms with Crippen molar-refractivity contribution in [2.75, 3.05) is 5.73 Å². The van der Waals surface area contributed by atoms with Crippen molar-refractivity contribution in [3.63, 3.8) is 0 Å². The van der Waals surface area contributed by atoms with E-state index in [9.17, 15) is 0 Å². The first-order valence-electron chi connectivity index (χ1n) is 6.81. The highest BCUT2D eigenvalue weighted by Crippen LogP contribution is 2.43. The summed E-state index contributed by atoms with van der Waals surface area (Å²) in [7, 11) is 0. The number of hydrogen-bond donors (Lipinski definition) is 1. The molecule has 2 rings (SSSR count). The van der Waals surface area contributed by atoms with Crippen LogP contribution in [0.5, 0.6) is 0 Å². The van der Waals surface area contributed by atoms with Gasteiger partial charge in [0.05, 0.1) is 5.69 Å². The Bertz CT molecular complexity index is 394. The van der Waals surface area contributed by atoms with E-state index in [1.54, 1.807) is 0 Å². The third-order valence-electron chi connectivity index (χ3n) is 3.41. The highest BCUT2D eigenvalue weighted by atomic mass is 15.2. The van der Waals surface area contributed by atoms with Gasteiger partial charge in [-0.1, -0.05) is 34.1 Å². The van der Waals surface area contributed by atoms with Gasteiger partial charge in [0.25, 0.3) is 0 Å². The third-order valence-corrected chi connectivity index (χ3v) is 3.41. The van der Waals surface area contributed by atoms with Gasteiger partial charge < -0.3 is 10.3 Å². The lowest BCUT2D eigenvalue weighted by Gasteiger charge is -2.20. The Hall–Kier alpha value is -0.990. The molecule has 3 nitrogen and oxygen atoms in total. The van der Waals surface area contributed by atoms with Gasteiger partial charge in [-0.2, -0.15) is 0 Å². The van der Waals surface area contributed by atoms with Crippen molar-refractivity contribution in [2.45, 2.75) is 71.3 Å². The lowest BCUT2D eigenvalue weighted by molar-refractivity contribution is 0.491. The van der Waals surface area contributed by atoms with E-state index in [0.717, 1.165) is 23.9 Å². The van der Waals surface area contributed by atoms with Crippen molar-refractivity contribution in [3.05, 3.63) is 11.5 Å². The van der Waals surface area contributed by atoms with Crippen LogP contribution in [0.25, 0.3) is 0 Å². The summed E-state index contributed by atoms with van der Waals surface area (Å²) >= 11 is 0. The van der Waals surface area contributed by atoms with Gasteiger partial charge in [-0.15, -0.1) is 0 Å². The maximum atomic E-state index is 6.28. The number of nitrogens with two attached hydrogens (primary N) is 1. The average Bonchev–Trinajstić information content (AvgIpc) is 3.00. The number of nitrogens with zero attached hydrogens (tertiary/aromatic N) is 2. The van der Waals surface area contributed by atoms with Crippen LogP contribution in [-0.4, -0.2) is 9.55 Å². The molecule has 1 aliphatic carbocycles. The highest BCUT2D eigenvalue weighted by molar-refractivity contribution is 5.43. The molecule has 0 atom stereocenters. The second-order valence-corrected chi connectivity index (χ2v) is 6.24. The molecule has 2 N–H and O–H groups in total. The minimum Gasteiger partial charge on any atom is -0.384 e. The van der Waals surface area contributed by atoms with Gasteiger partial charge in [0, 0.05) is 17.9 Å². The Morgan fingerprint density at radius 3 is 2.47 bits per heavy atom. The molecule has 1 saturated carbocycles. The third kappa shape index (κ3) is 2.48. The summed E-state index contributed by atoms with van der Waals surface area (Å²) in [6.45, 7) is 9.87. The van der Waals surface area contributed by atoms with E-state index in [2.05, 4.69) is 32.3 Å². The number of imidazole rings is 1. The molecule has 1 aliphatic rings. The second kappa shape index (κ2) is 4.35. The first-order valence-corrected chi connectivity index (χ1v) is 6.81. The van der Waals surface area contributed by atoms with Crippen LogP contribution in [0.15, 0.2) is 0 Å². The largest absolute Gasteiger partial charge is 0.384 e. The van der Waals surface area contributed by atoms with Gasteiger partial charge in [-0.3, -0.25) is 0 Å². The number of nitrogen functional groups attached to an aromatic ring is 1. The zero-order valence-corrected chi connectivity index (χ0v) is 11.6. The maximum Gasteiger partial charge on any atom is 0.127 e. The van der Waals surface area contributed by atoms with Gasteiger partial charge in [-0.25, -0.2) is 4.98 Å². The van der Waals surface area contributed by atoms with Gasteiger partial charge in [0.15, 0.2) is 0 Å². The summed E-state index contributed by atoms with van der Waals surface area (Å²) in [5.41, 5.74) is 7.52. The SMILES string of the molecule is CCCCn1c(C(C)(C)C)nc(C2CC2)c1N. The molecule has 0 aliphatic heterocycles. The van der Waals surface area contributed by atoms with Crippen molar-refractivity contribution in [2.24, 2.45) is 0 Å². The summed E-state index contributed by atoms with van der Waals surface area (Å²) in [5.74, 6) is 2.72. The molecule has 17 heavy (non-hydrogen) atoms. The zero-order valence-electron chi connectivity index (χ0n) is 11.6. The van der Waals surface area contributed by atoms with Crippen LogP contribution in [0.2, 0.25) is 0 Å². The fourth-order valence-electron chi connectivity index (χ4n) is 2.26. The first kappa shape index (κ1) is 12.5. The van der Waals surface area contributed by atoms with Gasteiger partial charge >= 0.3 is 0 Å². The standard InChI is InChI=1S/C14H25N3/c1-5-6-9-17-12(15)11(10-7-8-10)16-13(17)14(2,3)4/h10H,5-9,15H2,1-4H3. The van der Waals surface area contributed by atoms with Crippen LogP contribution in [0.3, 0.4) is 0 Å². The van der Waals surface area contributed by atoms with Crippen molar-refractivity contribution < 1.29 is 0 Å². The molecule has 0 unspecified atom stereocenters. The van der Waals surface area contributed by atoms with Crippen LogP contribution in [0.4, 0.5) is 5.82 Å². The molecule has 0 spiro atoms. The molecule has 0 saturated heterocycles. The summed E-state index contributed by atoms with van der Waals surface area (Å²) in [4.78, 5) is 4.83. The smallest absolute Gasteiger partial charge is 0.127 e. The van der Waals surface area contributed by atoms with Gasteiger partial charge in [-0.05, 0) is 19.3 Å². The average molecular weight is 235 g/mol. The van der Waals surface area contributed by atoms with Crippen LogP contribution < -0.4 is 5.73 Å². The van der Waals surface area contributed by atoms with E-state index in [-0.39, 0.29) is 5.41 Å². The van der Waals surface area contributed by atoms with E-state index in [1.165, 1.54) is 25.7 Å². The van der Waals surface area contributed by atoms with E-state index >= 15 is 0 Å². The lowest BCUT2D eigenvalue weighted by atomic mass is 9.95. The van der Waals surface area contributed by atoms with Crippen molar-refractivity contribution in [1.29, 1.82) is 0 Å². The fourth-order valence-corrected chi connectivity index (χ4v) is 2.26. The predicted octanol–water partition coefficient (Wildman–Crippen LogP) is 3.44. The minimum absolute atomic E-state index is 0.0784. The number of rotatable bonds is 4. The van der Waals surface area contributed by atoms with Crippen LogP contribution in [0.1, 0.15) is 70.8 Å². The van der Waals surface area contributed by atoms with E-state index in [1.807, 2.05) is 0 Å². The molecule has 0 amide bonds. The zero-order chi connectivity index (χ0) is 12.6. The number of hydrogen-bond acceptors (Lipinski definition) is 2. The van der Waals surface area contributed by atoms with Crippen LogP contribution in [-0.2, 0) is 12.0 Å². The van der Waals surface area contributed by atoms with Crippen molar-refractivity contribution in [1.82, 2.24) is 9.55 Å². The van der Waals surface area contributed by atoms with Gasteiger partial charge in [0.1, 0.15) is 11.6 Å². The number of anilines is 1. The lowest BCUT2D eigenvalue weighted by Crippen LogP contribution is -2.20. The molecule has 1 aromatic rings. The summed E-state index contributed by atoms with van der Waals surface area (Å²) in [6.07, 6.45) is 4.89. The molecule has 0 bridgehead atoms.